The van der Waals surface area contributed by atoms with Gasteiger partial charge in [0, 0.05) is 24.5 Å². The number of benzene rings is 1. The minimum Gasteiger partial charge on any atom is -0.467 e. The molecule has 0 aliphatic heterocycles. The van der Waals surface area contributed by atoms with Crippen LogP contribution in [0.15, 0.2) is 75.2 Å². The first-order valence-electron chi connectivity index (χ1n) is 9.09. The summed E-state index contributed by atoms with van der Waals surface area (Å²) in [5, 5.41) is 14.1. The van der Waals surface area contributed by atoms with Crippen LogP contribution in [0.4, 0.5) is 17.2 Å². The van der Waals surface area contributed by atoms with Gasteiger partial charge in [0.1, 0.15) is 22.8 Å². The van der Waals surface area contributed by atoms with Gasteiger partial charge in [0.05, 0.1) is 23.4 Å². The highest BCUT2D eigenvalue weighted by Gasteiger charge is 2.13. The first-order chi connectivity index (χ1) is 14.5. The van der Waals surface area contributed by atoms with Gasteiger partial charge in [0.25, 0.3) is 11.2 Å². The second-order valence-corrected chi connectivity index (χ2v) is 6.53. The van der Waals surface area contributed by atoms with Gasteiger partial charge in [-0.3, -0.25) is 24.3 Å². The highest BCUT2D eigenvalue weighted by atomic mass is 16.6. The summed E-state index contributed by atoms with van der Waals surface area (Å²) < 4.78 is 6.78. The molecule has 4 aromatic rings. The van der Waals surface area contributed by atoms with Crippen molar-refractivity contribution < 1.29 is 9.34 Å². The number of hydrogen-bond donors (Lipinski definition) is 1. The number of aryl methyl sites for hydroxylation is 1. The molecule has 0 unspecified atom stereocenters. The lowest BCUT2D eigenvalue weighted by atomic mass is 10.2. The minimum atomic E-state index is -0.495. The van der Waals surface area contributed by atoms with Gasteiger partial charge in [0.2, 0.25) is 0 Å². The second kappa shape index (κ2) is 8.00. The number of rotatable bonds is 6. The maximum absolute atomic E-state index is 13.1. The number of non-ortho nitro benzene ring substituents is 1. The lowest BCUT2D eigenvalue weighted by Crippen LogP contribution is -2.22. The third-order valence-corrected chi connectivity index (χ3v) is 4.48. The number of furan rings is 1. The Morgan fingerprint density at radius 3 is 2.90 bits per heavy atom. The lowest BCUT2D eigenvalue weighted by Gasteiger charge is -2.11. The Balaban J connectivity index is 1.79. The Bertz CT molecular complexity index is 1310. The minimum absolute atomic E-state index is 0.0789. The fourth-order valence-corrected chi connectivity index (χ4v) is 2.97. The van der Waals surface area contributed by atoms with E-state index in [0.717, 1.165) is 5.56 Å². The zero-order valence-electron chi connectivity index (χ0n) is 16.0. The van der Waals surface area contributed by atoms with Gasteiger partial charge >= 0.3 is 0 Å². The van der Waals surface area contributed by atoms with Gasteiger partial charge < -0.3 is 9.73 Å². The van der Waals surface area contributed by atoms with Crippen molar-refractivity contribution in [2.24, 2.45) is 4.99 Å². The topological polar surface area (TPSA) is 115 Å². The highest BCUT2D eigenvalue weighted by molar-refractivity contribution is 5.88. The van der Waals surface area contributed by atoms with Gasteiger partial charge in [-0.05, 0) is 36.8 Å². The molecule has 0 bridgehead atoms. The van der Waals surface area contributed by atoms with Crippen LogP contribution in [-0.4, -0.2) is 20.5 Å². The maximum Gasteiger partial charge on any atom is 0.271 e. The highest BCUT2D eigenvalue weighted by Crippen LogP contribution is 2.20. The van der Waals surface area contributed by atoms with E-state index >= 15 is 0 Å². The third kappa shape index (κ3) is 3.81. The summed E-state index contributed by atoms with van der Waals surface area (Å²) in [7, 11) is 0. The van der Waals surface area contributed by atoms with Gasteiger partial charge in [-0.15, -0.1) is 0 Å². The number of nitrogens with zero attached hydrogens (tertiary/aromatic N) is 4. The standard InChI is InChI=1S/C21H17N5O4/c1-14-5-3-9-25-20(14)24-19(23-12-17-8-4-10-30-17)18(21(25)27)13-22-15-6-2-7-16(11-15)26(28)29/h2-11,13,23H,12H2,1H3. The van der Waals surface area contributed by atoms with E-state index in [1.807, 2.05) is 19.1 Å². The van der Waals surface area contributed by atoms with Crippen LogP contribution in [0.1, 0.15) is 16.9 Å². The Morgan fingerprint density at radius 2 is 2.13 bits per heavy atom. The van der Waals surface area contributed by atoms with E-state index in [0.29, 0.717) is 29.5 Å². The predicted octanol–water partition coefficient (Wildman–Crippen LogP) is 3.87. The number of anilines is 1. The summed E-state index contributed by atoms with van der Waals surface area (Å²) in [6.45, 7) is 2.20. The predicted molar refractivity (Wildman–Crippen MR) is 113 cm³/mol. The van der Waals surface area contributed by atoms with Crippen molar-refractivity contribution in [2.45, 2.75) is 13.5 Å². The Labute approximate surface area is 170 Å². The average Bonchev–Trinajstić information content (AvgIpc) is 3.26. The van der Waals surface area contributed by atoms with Crippen molar-refractivity contribution in [2.75, 3.05) is 5.32 Å². The quantitative estimate of drug-likeness (QED) is 0.297. The number of nitro groups is 1. The molecule has 0 radical (unpaired) electrons. The molecule has 3 aromatic heterocycles. The van der Waals surface area contributed by atoms with E-state index in [1.54, 1.807) is 30.7 Å². The number of nitro benzene ring substituents is 1. The molecule has 0 spiro atoms. The van der Waals surface area contributed by atoms with Crippen LogP contribution in [0, 0.1) is 17.0 Å². The molecule has 1 N–H and O–H groups in total. The average molecular weight is 403 g/mol. The van der Waals surface area contributed by atoms with Crippen molar-refractivity contribution in [1.82, 2.24) is 9.38 Å². The summed E-state index contributed by atoms with van der Waals surface area (Å²) >= 11 is 0. The van der Waals surface area contributed by atoms with Crippen LogP contribution < -0.4 is 10.9 Å². The molecule has 30 heavy (non-hydrogen) atoms. The Morgan fingerprint density at radius 1 is 1.27 bits per heavy atom. The first-order valence-corrected chi connectivity index (χ1v) is 9.09. The molecule has 0 saturated heterocycles. The smallest absolute Gasteiger partial charge is 0.271 e. The second-order valence-electron chi connectivity index (χ2n) is 6.53. The van der Waals surface area contributed by atoms with Crippen LogP contribution in [-0.2, 0) is 6.54 Å². The number of hydrogen-bond acceptors (Lipinski definition) is 7. The molecule has 0 amide bonds. The molecular weight excluding hydrogens is 386 g/mol. The van der Waals surface area contributed by atoms with E-state index in [1.165, 1.54) is 28.8 Å². The summed E-state index contributed by atoms with van der Waals surface area (Å²) in [6.07, 6.45) is 4.57. The number of fused-ring (bicyclic) bond motifs is 1. The van der Waals surface area contributed by atoms with E-state index in [4.69, 9.17) is 4.42 Å². The van der Waals surface area contributed by atoms with Gasteiger partial charge in [-0.1, -0.05) is 12.1 Å². The van der Waals surface area contributed by atoms with Crippen molar-refractivity contribution in [1.29, 1.82) is 0 Å². The van der Waals surface area contributed by atoms with E-state index in [-0.39, 0.29) is 16.8 Å². The monoisotopic (exact) mass is 403 g/mol. The maximum atomic E-state index is 13.1. The van der Waals surface area contributed by atoms with E-state index in [9.17, 15) is 14.9 Å². The number of aromatic nitrogens is 2. The van der Waals surface area contributed by atoms with Crippen molar-refractivity contribution >= 4 is 29.1 Å². The fourth-order valence-electron chi connectivity index (χ4n) is 2.97. The summed E-state index contributed by atoms with van der Waals surface area (Å²) in [5.74, 6) is 1.03. The molecule has 3 heterocycles. The number of pyridine rings is 1. The first kappa shape index (κ1) is 19.1. The molecule has 0 saturated carbocycles. The third-order valence-electron chi connectivity index (χ3n) is 4.48. The molecule has 9 nitrogen and oxygen atoms in total. The van der Waals surface area contributed by atoms with Crippen LogP contribution in [0.3, 0.4) is 0 Å². The van der Waals surface area contributed by atoms with Crippen LogP contribution in [0.25, 0.3) is 5.65 Å². The molecule has 150 valence electrons. The molecule has 0 fully saturated rings. The van der Waals surface area contributed by atoms with Crippen LogP contribution in [0.5, 0.6) is 0 Å². The van der Waals surface area contributed by atoms with Crippen molar-refractivity contribution in [3.63, 3.8) is 0 Å². The zero-order chi connectivity index (χ0) is 21.1. The van der Waals surface area contributed by atoms with Gasteiger partial charge in [-0.25, -0.2) is 4.98 Å². The molecule has 9 heteroatoms. The summed E-state index contributed by atoms with van der Waals surface area (Å²) in [6, 6.07) is 13.1. The van der Waals surface area contributed by atoms with Gasteiger partial charge in [0.15, 0.2) is 0 Å². The Hall–Kier alpha value is -4.27. The van der Waals surface area contributed by atoms with Crippen LogP contribution in [0.2, 0.25) is 0 Å². The van der Waals surface area contributed by atoms with E-state index < -0.39 is 4.92 Å². The summed E-state index contributed by atoms with van der Waals surface area (Å²) in [4.78, 5) is 32.5. The largest absolute Gasteiger partial charge is 0.467 e. The Kier molecular flexibility index (Phi) is 5.08. The van der Waals surface area contributed by atoms with Gasteiger partial charge in [-0.2, -0.15) is 0 Å². The molecule has 1 aromatic carbocycles. The zero-order valence-corrected chi connectivity index (χ0v) is 16.0. The molecule has 0 aliphatic carbocycles. The molecular formula is C21H17N5O4. The van der Waals surface area contributed by atoms with Crippen LogP contribution >= 0.6 is 0 Å². The number of nitrogens with one attached hydrogen (secondary N) is 1. The lowest BCUT2D eigenvalue weighted by molar-refractivity contribution is -0.384. The van der Waals surface area contributed by atoms with Crippen molar-refractivity contribution in [3.05, 3.63) is 98.3 Å². The fraction of sp³-hybridized carbons (Fsp3) is 0.0952. The number of aliphatic imine (C=N–C) groups is 1. The molecule has 0 atom stereocenters. The summed E-state index contributed by atoms with van der Waals surface area (Å²) in [5.41, 5.74) is 1.57. The SMILES string of the molecule is Cc1cccn2c(=O)c(C=Nc3cccc([N+](=O)[O-])c3)c(NCc3ccco3)nc12. The normalized spacial score (nSPS) is 11.2. The molecule has 0 aliphatic rings. The van der Waals surface area contributed by atoms with E-state index in [2.05, 4.69) is 15.3 Å². The molecule has 4 rings (SSSR count). The van der Waals surface area contributed by atoms with Crippen molar-refractivity contribution in [3.8, 4) is 0 Å².